The number of furan rings is 1. The topological polar surface area (TPSA) is 57.2 Å². The number of aliphatic imine (C=N–C) groups is 2. The van der Waals surface area contributed by atoms with E-state index in [0.29, 0.717) is 5.92 Å². The Morgan fingerprint density at radius 3 is 2.52 bits per heavy atom. The van der Waals surface area contributed by atoms with Gasteiger partial charge in [0.2, 0.25) is 0 Å². The average Bonchev–Trinajstić information content (AvgIpc) is 3.35. The molecule has 0 amide bonds. The van der Waals surface area contributed by atoms with Gasteiger partial charge in [0.15, 0.2) is 11.6 Å². The molecule has 4 rings (SSSR count). The molecule has 0 unspecified atom stereocenters. The Hall–Kier alpha value is -2.63. The van der Waals surface area contributed by atoms with Crippen molar-refractivity contribution in [2.75, 3.05) is 36.0 Å². The lowest BCUT2D eigenvalue weighted by molar-refractivity contribution is 0.556. The van der Waals surface area contributed by atoms with E-state index in [1.165, 1.54) is 0 Å². The number of amidine groups is 2. The summed E-state index contributed by atoms with van der Waals surface area (Å²) in [5.41, 5.74) is 0. The summed E-state index contributed by atoms with van der Waals surface area (Å²) in [6.07, 6.45) is 2.66. The van der Waals surface area contributed by atoms with Gasteiger partial charge in [0, 0.05) is 19.5 Å². The third kappa shape index (κ3) is 3.16. The lowest BCUT2D eigenvalue weighted by Crippen LogP contribution is -2.31. The van der Waals surface area contributed by atoms with Crippen molar-refractivity contribution in [2.24, 2.45) is 15.9 Å². The molecule has 0 aromatic carbocycles. The van der Waals surface area contributed by atoms with Crippen molar-refractivity contribution >= 4 is 23.3 Å². The van der Waals surface area contributed by atoms with Crippen LogP contribution < -0.4 is 9.80 Å². The van der Waals surface area contributed by atoms with Crippen molar-refractivity contribution in [3.63, 3.8) is 0 Å². The van der Waals surface area contributed by atoms with Gasteiger partial charge in [-0.15, -0.1) is 0 Å². The van der Waals surface area contributed by atoms with E-state index in [4.69, 9.17) is 9.40 Å². The van der Waals surface area contributed by atoms with Crippen LogP contribution in [0.1, 0.15) is 26.0 Å². The molecule has 0 N–H and O–H groups in total. The fraction of sp³-hybridized carbons (Fsp3) is 0.421. The number of aromatic nitrogens is 1. The molecule has 0 radical (unpaired) electrons. The summed E-state index contributed by atoms with van der Waals surface area (Å²) in [6.45, 7) is 7.76. The smallest absolute Gasteiger partial charge is 0.173 e. The Morgan fingerprint density at radius 1 is 1.00 bits per heavy atom. The van der Waals surface area contributed by atoms with Gasteiger partial charge in [-0.25, -0.2) is 4.98 Å². The van der Waals surface area contributed by atoms with Gasteiger partial charge in [0.05, 0.1) is 19.4 Å². The normalized spacial score (nSPS) is 17.4. The van der Waals surface area contributed by atoms with Crippen LogP contribution >= 0.6 is 0 Å². The van der Waals surface area contributed by atoms with E-state index in [1.807, 2.05) is 18.2 Å². The Kier molecular flexibility index (Phi) is 4.26. The molecule has 6 nitrogen and oxygen atoms in total. The second kappa shape index (κ2) is 6.70. The molecule has 0 fully saturated rings. The van der Waals surface area contributed by atoms with Crippen LogP contribution in [0, 0.1) is 5.92 Å². The van der Waals surface area contributed by atoms with Crippen LogP contribution in [-0.4, -0.2) is 42.8 Å². The number of anilines is 2. The predicted octanol–water partition coefficient (Wildman–Crippen LogP) is 3.21. The molecule has 25 heavy (non-hydrogen) atoms. The van der Waals surface area contributed by atoms with Crippen molar-refractivity contribution in [1.29, 1.82) is 0 Å². The van der Waals surface area contributed by atoms with Crippen LogP contribution in [0.15, 0.2) is 51.0 Å². The Labute approximate surface area is 147 Å². The van der Waals surface area contributed by atoms with Crippen molar-refractivity contribution in [2.45, 2.75) is 20.3 Å². The van der Waals surface area contributed by atoms with Crippen molar-refractivity contribution < 1.29 is 4.42 Å². The van der Waals surface area contributed by atoms with Crippen LogP contribution in [0.5, 0.6) is 0 Å². The molecule has 2 aliphatic rings. The molecule has 2 aliphatic heterocycles. The number of rotatable bonds is 5. The molecule has 6 heteroatoms. The molecular formula is C19H23N5O. The lowest BCUT2D eigenvalue weighted by Gasteiger charge is -2.23. The SMILES string of the molecule is CC(C)CC1=NCCN1c1cccc(N2CCN=C2c2ccco2)n1. The largest absolute Gasteiger partial charge is 0.461 e. The molecule has 0 spiro atoms. The Balaban J connectivity index is 1.60. The summed E-state index contributed by atoms with van der Waals surface area (Å²) in [6, 6.07) is 9.97. The molecule has 2 aromatic heterocycles. The first-order chi connectivity index (χ1) is 12.2. The zero-order chi connectivity index (χ0) is 17.2. The van der Waals surface area contributed by atoms with Crippen LogP contribution in [0.4, 0.5) is 11.6 Å². The molecule has 0 atom stereocenters. The van der Waals surface area contributed by atoms with Gasteiger partial charge in [-0.1, -0.05) is 19.9 Å². The maximum Gasteiger partial charge on any atom is 0.173 e. The Morgan fingerprint density at radius 2 is 1.76 bits per heavy atom. The van der Waals surface area contributed by atoms with Crippen LogP contribution in [-0.2, 0) is 0 Å². The zero-order valence-corrected chi connectivity index (χ0v) is 14.7. The van der Waals surface area contributed by atoms with Gasteiger partial charge in [0.25, 0.3) is 0 Å². The van der Waals surface area contributed by atoms with Crippen LogP contribution in [0.3, 0.4) is 0 Å². The van der Waals surface area contributed by atoms with E-state index in [-0.39, 0.29) is 0 Å². The Bertz CT molecular complexity index is 794. The number of nitrogens with zero attached hydrogens (tertiary/aromatic N) is 5. The van der Waals surface area contributed by atoms with Gasteiger partial charge in [-0.3, -0.25) is 9.98 Å². The number of pyridine rings is 1. The molecular weight excluding hydrogens is 314 g/mol. The minimum Gasteiger partial charge on any atom is -0.461 e. The van der Waals surface area contributed by atoms with E-state index in [9.17, 15) is 0 Å². The molecule has 4 heterocycles. The molecule has 0 saturated heterocycles. The standard InChI is InChI=1S/C19H23N5O/c1-14(2)13-18-20-8-10-23(18)16-6-3-7-17(22-16)24-11-9-21-19(24)15-5-4-12-25-15/h3-7,12,14H,8-11,13H2,1-2H3. The van der Waals surface area contributed by atoms with E-state index >= 15 is 0 Å². The highest BCUT2D eigenvalue weighted by atomic mass is 16.3. The second-order valence-electron chi connectivity index (χ2n) is 6.74. The third-order valence-electron chi connectivity index (χ3n) is 4.38. The quantitative estimate of drug-likeness (QED) is 0.841. The van der Waals surface area contributed by atoms with Crippen LogP contribution in [0.2, 0.25) is 0 Å². The number of hydrogen-bond donors (Lipinski definition) is 0. The molecule has 130 valence electrons. The minimum atomic E-state index is 0.582. The third-order valence-corrected chi connectivity index (χ3v) is 4.38. The van der Waals surface area contributed by atoms with Gasteiger partial charge in [-0.2, -0.15) is 0 Å². The molecule has 0 aliphatic carbocycles. The van der Waals surface area contributed by atoms with Gasteiger partial charge in [-0.05, 0) is 30.2 Å². The van der Waals surface area contributed by atoms with Crippen molar-refractivity contribution in [1.82, 2.24) is 4.98 Å². The first kappa shape index (κ1) is 15.9. The van der Waals surface area contributed by atoms with Crippen molar-refractivity contribution in [3.8, 4) is 0 Å². The summed E-state index contributed by atoms with van der Waals surface area (Å²) in [4.78, 5) is 18.5. The second-order valence-corrected chi connectivity index (χ2v) is 6.74. The highest BCUT2D eigenvalue weighted by Gasteiger charge is 2.25. The highest BCUT2D eigenvalue weighted by Crippen LogP contribution is 2.24. The minimum absolute atomic E-state index is 0.582. The fourth-order valence-corrected chi connectivity index (χ4v) is 3.28. The monoisotopic (exact) mass is 337 g/mol. The predicted molar refractivity (Wildman–Crippen MR) is 101 cm³/mol. The lowest BCUT2D eigenvalue weighted by atomic mass is 10.1. The van der Waals surface area contributed by atoms with Crippen molar-refractivity contribution in [3.05, 3.63) is 42.4 Å². The summed E-state index contributed by atoms with van der Waals surface area (Å²) in [7, 11) is 0. The molecule has 0 saturated carbocycles. The molecule has 2 aromatic rings. The van der Waals surface area contributed by atoms with Crippen LogP contribution in [0.25, 0.3) is 0 Å². The summed E-state index contributed by atoms with van der Waals surface area (Å²) in [5, 5.41) is 0. The maximum atomic E-state index is 5.53. The van der Waals surface area contributed by atoms with E-state index in [0.717, 1.165) is 61.7 Å². The first-order valence-corrected chi connectivity index (χ1v) is 8.86. The average molecular weight is 337 g/mol. The summed E-state index contributed by atoms with van der Waals surface area (Å²) in [5.74, 6) is 5.22. The van der Waals surface area contributed by atoms with E-state index in [2.05, 4.69) is 45.8 Å². The van der Waals surface area contributed by atoms with Gasteiger partial charge in [0.1, 0.15) is 17.5 Å². The van der Waals surface area contributed by atoms with Gasteiger partial charge >= 0.3 is 0 Å². The van der Waals surface area contributed by atoms with E-state index < -0.39 is 0 Å². The summed E-state index contributed by atoms with van der Waals surface area (Å²) >= 11 is 0. The first-order valence-electron chi connectivity index (χ1n) is 8.86. The number of hydrogen-bond acceptors (Lipinski definition) is 6. The fourth-order valence-electron chi connectivity index (χ4n) is 3.28. The molecule has 0 bridgehead atoms. The van der Waals surface area contributed by atoms with Gasteiger partial charge < -0.3 is 14.2 Å². The maximum absolute atomic E-state index is 5.53. The zero-order valence-electron chi connectivity index (χ0n) is 14.7. The van der Waals surface area contributed by atoms with E-state index in [1.54, 1.807) is 6.26 Å². The highest BCUT2D eigenvalue weighted by molar-refractivity contribution is 6.09. The summed E-state index contributed by atoms with van der Waals surface area (Å²) < 4.78 is 5.53.